The molecule has 0 spiro atoms. The minimum absolute atomic E-state index is 0.0229. The van der Waals surface area contributed by atoms with Gasteiger partial charge in [-0.2, -0.15) is 0 Å². The molecule has 110 valence electrons. The maximum absolute atomic E-state index is 12.3. The number of hydrogen-bond acceptors (Lipinski definition) is 5. The number of carbonyl (C=O) groups is 2. The van der Waals surface area contributed by atoms with Crippen LogP contribution in [0.4, 0.5) is 0 Å². The number of aromatic carboxylic acids is 1. The van der Waals surface area contributed by atoms with Gasteiger partial charge in [0.2, 0.25) is 0 Å². The molecule has 1 aliphatic heterocycles. The van der Waals surface area contributed by atoms with E-state index in [0.717, 1.165) is 6.20 Å². The van der Waals surface area contributed by atoms with Crippen LogP contribution in [0.3, 0.4) is 0 Å². The number of nitrogens with zero attached hydrogens (tertiary/aromatic N) is 5. The smallest absolute Gasteiger partial charge is 0.337 e. The van der Waals surface area contributed by atoms with Crippen LogP contribution in [0.1, 0.15) is 20.8 Å². The fourth-order valence-electron chi connectivity index (χ4n) is 1.95. The van der Waals surface area contributed by atoms with Crippen molar-refractivity contribution in [1.82, 2.24) is 9.88 Å². The van der Waals surface area contributed by atoms with Gasteiger partial charge in [0.15, 0.2) is 0 Å². The summed E-state index contributed by atoms with van der Waals surface area (Å²) in [5.74, 6) is -1.40. The molecule has 2 heterocycles. The average Bonchev–Trinajstić information content (AvgIpc) is 2.52. The lowest BCUT2D eigenvalue weighted by Crippen LogP contribution is -2.46. The molecule has 0 aliphatic carbocycles. The maximum Gasteiger partial charge on any atom is 0.337 e. The predicted octanol–water partition coefficient (Wildman–Crippen LogP) is 0.931. The third-order valence-corrected chi connectivity index (χ3v) is 3.00. The number of carboxylic acids is 1. The first-order chi connectivity index (χ1) is 10.1. The second-order valence-electron chi connectivity index (χ2n) is 4.39. The minimum Gasteiger partial charge on any atom is -0.478 e. The number of pyridine rings is 1. The Balaban J connectivity index is 2.04. The van der Waals surface area contributed by atoms with E-state index in [0.29, 0.717) is 19.7 Å². The highest BCUT2D eigenvalue weighted by atomic mass is 16.5. The van der Waals surface area contributed by atoms with Crippen LogP contribution in [0.2, 0.25) is 0 Å². The van der Waals surface area contributed by atoms with Crippen molar-refractivity contribution in [3.05, 3.63) is 40.0 Å². The average molecular weight is 291 g/mol. The van der Waals surface area contributed by atoms with E-state index < -0.39 is 5.97 Å². The Hall–Kier alpha value is -2.64. The fraction of sp³-hybridized carbons (Fsp3) is 0.417. The molecule has 21 heavy (non-hydrogen) atoms. The molecule has 1 fully saturated rings. The molecule has 1 aliphatic rings. The van der Waals surface area contributed by atoms with Gasteiger partial charge in [0.05, 0.1) is 24.8 Å². The summed E-state index contributed by atoms with van der Waals surface area (Å²) in [6, 6.07) is 2.71. The number of morpholine rings is 1. The van der Waals surface area contributed by atoms with E-state index in [1.165, 1.54) is 12.1 Å². The van der Waals surface area contributed by atoms with E-state index in [1.54, 1.807) is 4.90 Å². The topological polar surface area (TPSA) is 128 Å². The zero-order valence-electron chi connectivity index (χ0n) is 11.0. The van der Waals surface area contributed by atoms with Gasteiger partial charge in [-0.15, -0.1) is 0 Å². The maximum atomic E-state index is 12.3. The molecule has 2 rings (SSSR count). The molecule has 1 aromatic rings. The highest BCUT2D eigenvalue weighted by molar-refractivity contribution is 5.93. The summed E-state index contributed by atoms with van der Waals surface area (Å²) in [7, 11) is 0. The molecule has 0 bridgehead atoms. The molecule has 1 atom stereocenters. The predicted molar refractivity (Wildman–Crippen MR) is 70.9 cm³/mol. The van der Waals surface area contributed by atoms with Crippen molar-refractivity contribution in [3.8, 4) is 0 Å². The lowest BCUT2D eigenvalue weighted by atomic mass is 10.2. The molecule has 9 heteroatoms. The van der Waals surface area contributed by atoms with Crippen LogP contribution in [0.25, 0.3) is 10.4 Å². The summed E-state index contributed by atoms with van der Waals surface area (Å²) >= 11 is 0. The fourth-order valence-corrected chi connectivity index (χ4v) is 1.95. The summed E-state index contributed by atoms with van der Waals surface area (Å²) in [5.41, 5.74) is 8.48. The summed E-state index contributed by atoms with van der Waals surface area (Å²) in [5, 5.41) is 12.2. The second kappa shape index (κ2) is 6.69. The molecule has 0 radical (unpaired) electrons. The van der Waals surface area contributed by atoms with E-state index >= 15 is 0 Å². The van der Waals surface area contributed by atoms with E-state index in [1.807, 2.05) is 0 Å². The first-order valence-electron chi connectivity index (χ1n) is 6.23. The SMILES string of the molecule is [N-]=[N+]=NCC1CN(C(=O)c2ccc(C(=O)O)cn2)CCO1. The van der Waals surface area contributed by atoms with E-state index in [4.69, 9.17) is 15.4 Å². The summed E-state index contributed by atoms with van der Waals surface area (Å²) in [6.07, 6.45) is 0.810. The molecule has 1 saturated heterocycles. The molecule has 1 N–H and O–H groups in total. The molecule has 0 aromatic carbocycles. The first-order valence-corrected chi connectivity index (χ1v) is 6.23. The third-order valence-electron chi connectivity index (χ3n) is 3.00. The van der Waals surface area contributed by atoms with Gasteiger partial charge in [-0.05, 0) is 17.7 Å². The molecule has 9 nitrogen and oxygen atoms in total. The Kier molecular flexibility index (Phi) is 4.70. The van der Waals surface area contributed by atoms with Gasteiger partial charge in [-0.25, -0.2) is 4.79 Å². The van der Waals surface area contributed by atoms with Crippen molar-refractivity contribution < 1.29 is 19.4 Å². The van der Waals surface area contributed by atoms with Crippen LogP contribution in [0.5, 0.6) is 0 Å². The van der Waals surface area contributed by atoms with Crippen molar-refractivity contribution in [1.29, 1.82) is 0 Å². The van der Waals surface area contributed by atoms with Crippen LogP contribution in [0, 0.1) is 0 Å². The van der Waals surface area contributed by atoms with Gasteiger partial charge < -0.3 is 14.7 Å². The van der Waals surface area contributed by atoms with Crippen molar-refractivity contribution in [2.45, 2.75) is 6.10 Å². The lowest BCUT2D eigenvalue weighted by Gasteiger charge is -2.32. The van der Waals surface area contributed by atoms with Crippen LogP contribution in [-0.4, -0.2) is 59.2 Å². The van der Waals surface area contributed by atoms with E-state index in [9.17, 15) is 9.59 Å². The van der Waals surface area contributed by atoms with Crippen molar-refractivity contribution >= 4 is 11.9 Å². The number of rotatable bonds is 4. The van der Waals surface area contributed by atoms with E-state index in [-0.39, 0.29) is 29.8 Å². The van der Waals surface area contributed by atoms with Gasteiger partial charge in [0.1, 0.15) is 5.69 Å². The lowest BCUT2D eigenvalue weighted by molar-refractivity contribution is -0.0169. The normalized spacial score (nSPS) is 17.9. The monoisotopic (exact) mass is 291 g/mol. The zero-order valence-corrected chi connectivity index (χ0v) is 11.0. The summed E-state index contributed by atoms with van der Waals surface area (Å²) < 4.78 is 5.39. The van der Waals surface area contributed by atoms with Crippen molar-refractivity contribution in [3.63, 3.8) is 0 Å². The number of ether oxygens (including phenoxy) is 1. The number of amides is 1. The quantitative estimate of drug-likeness (QED) is 0.501. The summed E-state index contributed by atoms with van der Waals surface area (Å²) in [4.78, 5) is 31.1. The molecule has 1 aromatic heterocycles. The number of azide groups is 1. The van der Waals surface area contributed by atoms with Gasteiger partial charge in [0.25, 0.3) is 5.91 Å². The molecule has 1 amide bonds. The largest absolute Gasteiger partial charge is 0.478 e. The Morgan fingerprint density at radius 3 is 3.00 bits per heavy atom. The number of aromatic nitrogens is 1. The number of hydrogen-bond donors (Lipinski definition) is 1. The molecule has 1 unspecified atom stereocenters. The third kappa shape index (κ3) is 3.68. The Morgan fingerprint density at radius 2 is 2.38 bits per heavy atom. The highest BCUT2D eigenvalue weighted by Crippen LogP contribution is 2.10. The Morgan fingerprint density at radius 1 is 1.57 bits per heavy atom. The highest BCUT2D eigenvalue weighted by Gasteiger charge is 2.25. The molecular weight excluding hydrogens is 278 g/mol. The van der Waals surface area contributed by atoms with Gasteiger partial charge in [-0.3, -0.25) is 9.78 Å². The number of carboxylic acid groups (broad SMARTS) is 1. The van der Waals surface area contributed by atoms with Crippen LogP contribution in [0.15, 0.2) is 23.4 Å². The molecule has 0 saturated carbocycles. The minimum atomic E-state index is -1.10. The summed E-state index contributed by atoms with van der Waals surface area (Å²) in [6.45, 7) is 1.23. The van der Waals surface area contributed by atoms with Crippen molar-refractivity contribution in [2.24, 2.45) is 5.11 Å². The van der Waals surface area contributed by atoms with Gasteiger partial charge in [0, 0.05) is 24.2 Å². The zero-order chi connectivity index (χ0) is 15.2. The molecular formula is C12H13N5O4. The van der Waals surface area contributed by atoms with Crippen LogP contribution >= 0.6 is 0 Å². The van der Waals surface area contributed by atoms with Gasteiger partial charge >= 0.3 is 5.97 Å². The second-order valence-corrected chi connectivity index (χ2v) is 4.39. The van der Waals surface area contributed by atoms with E-state index in [2.05, 4.69) is 15.0 Å². The Labute approximate surface area is 119 Å². The van der Waals surface area contributed by atoms with Crippen molar-refractivity contribution in [2.75, 3.05) is 26.2 Å². The Bertz CT molecular complexity index is 582. The number of carbonyl (C=O) groups excluding carboxylic acids is 1. The first kappa shape index (κ1) is 14.8. The van der Waals surface area contributed by atoms with Gasteiger partial charge in [-0.1, -0.05) is 5.11 Å². The standard InChI is InChI=1S/C12H13N5O4/c13-16-15-6-9-7-17(3-4-21-9)11(18)10-2-1-8(5-14-10)12(19)20/h1-2,5,9H,3-4,6-7H2,(H,19,20). The van der Waals surface area contributed by atoms with Crippen LogP contribution < -0.4 is 0 Å². The van der Waals surface area contributed by atoms with Crippen LogP contribution in [-0.2, 0) is 4.74 Å².